The summed E-state index contributed by atoms with van der Waals surface area (Å²) in [5.74, 6) is 1.10. The number of aromatic nitrogens is 3. The van der Waals surface area contributed by atoms with Gasteiger partial charge < -0.3 is 10.2 Å². The Balaban J connectivity index is 1.35. The zero-order chi connectivity index (χ0) is 21.1. The van der Waals surface area contributed by atoms with Gasteiger partial charge >= 0.3 is 0 Å². The molecule has 1 amide bonds. The summed E-state index contributed by atoms with van der Waals surface area (Å²) in [6.07, 6.45) is 4.40. The molecule has 1 aromatic carbocycles. The predicted molar refractivity (Wildman–Crippen MR) is 112 cm³/mol. The Hall–Kier alpha value is -3.33. The number of rotatable bonds is 6. The molecule has 9 heteroatoms. The molecule has 0 unspecified atom stereocenters. The van der Waals surface area contributed by atoms with Crippen LogP contribution in [0.1, 0.15) is 36.6 Å². The summed E-state index contributed by atoms with van der Waals surface area (Å²) < 4.78 is 2.03. The summed E-state index contributed by atoms with van der Waals surface area (Å²) >= 11 is 0. The van der Waals surface area contributed by atoms with Gasteiger partial charge in [-0.15, -0.1) is 10.2 Å². The molecular weight excluding hydrogens is 384 g/mol. The van der Waals surface area contributed by atoms with E-state index in [1.54, 1.807) is 19.1 Å². The van der Waals surface area contributed by atoms with E-state index in [0.717, 1.165) is 37.4 Å². The molecule has 156 valence electrons. The summed E-state index contributed by atoms with van der Waals surface area (Å²) in [6, 6.07) is 10.6. The Bertz CT molecular complexity index is 1080. The second-order valence-electron chi connectivity index (χ2n) is 7.63. The molecule has 1 saturated heterocycles. The minimum atomic E-state index is -0.437. The SMILES string of the molecule is Cc1c(NC(=O)CCN2CCC[C@@H](c3nnc4ccccn34)C2)cccc1[N+](=O)[O-]. The number of anilines is 1. The van der Waals surface area contributed by atoms with Crippen molar-refractivity contribution in [2.45, 2.75) is 32.1 Å². The van der Waals surface area contributed by atoms with Crippen LogP contribution in [0.15, 0.2) is 42.6 Å². The molecule has 0 saturated carbocycles. The number of nitrogens with one attached hydrogen (secondary N) is 1. The van der Waals surface area contributed by atoms with Gasteiger partial charge in [-0.25, -0.2) is 0 Å². The molecule has 4 rings (SSSR count). The van der Waals surface area contributed by atoms with Crippen molar-refractivity contribution in [3.63, 3.8) is 0 Å². The van der Waals surface area contributed by atoms with Crippen LogP contribution >= 0.6 is 0 Å². The van der Waals surface area contributed by atoms with Crippen molar-refractivity contribution in [2.75, 3.05) is 25.0 Å². The first-order valence-corrected chi connectivity index (χ1v) is 10.1. The van der Waals surface area contributed by atoms with Gasteiger partial charge in [-0.1, -0.05) is 12.1 Å². The minimum absolute atomic E-state index is 0.00667. The third kappa shape index (κ3) is 4.16. The monoisotopic (exact) mass is 408 g/mol. The fourth-order valence-corrected chi connectivity index (χ4v) is 4.04. The lowest BCUT2D eigenvalue weighted by molar-refractivity contribution is -0.385. The number of benzene rings is 1. The molecule has 3 heterocycles. The number of nitro groups is 1. The second kappa shape index (κ2) is 8.58. The fraction of sp³-hybridized carbons (Fsp3) is 0.381. The highest BCUT2D eigenvalue weighted by molar-refractivity contribution is 5.92. The van der Waals surface area contributed by atoms with Crippen molar-refractivity contribution in [3.05, 3.63) is 64.1 Å². The quantitative estimate of drug-likeness (QED) is 0.496. The first-order chi connectivity index (χ1) is 14.5. The molecule has 0 bridgehead atoms. The van der Waals surface area contributed by atoms with Gasteiger partial charge in [0.2, 0.25) is 5.91 Å². The number of amides is 1. The Morgan fingerprint density at radius 3 is 2.97 bits per heavy atom. The van der Waals surface area contributed by atoms with Gasteiger partial charge in [-0.3, -0.25) is 19.3 Å². The van der Waals surface area contributed by atoms with Crippen LogP contribution < -0.4 is 5.32 Å². The van der Waals surface area contributed by atoms with Crippen LogP contribution in [-0.4, -0.2) is 50.0 Å². The molecule has 1 fully saturated rings. The van der Waals surface area contributed by atoms with Gasteiger partial charge in [0.15, 0.2) is 5.65 Å². The number of piperidine rings is 1. The summed E-state index contributed by atoms with van der Waals surface area (Å²) in [5.41, 5.74) is 1.80. The summed E-state index contributed by atoms with van der Waals surface area (Å²) in [5, 5.41) is 22.5. The molecule has 9 nitrogen and oxygen atoms in total. The maximum absolute atomic E-state index is 12.4. The Kier molecular flexibility index (Phi) is 5.71. The number of likely N-dealkylation sites (tertiary alicyclic amines) is 1. The van der Waals surface area contributed by atoms with Crippen molar-refractivity contribution in [3.8, 4) is 0 Å². The van der Waals surface area contributed by atoms with Crippen LogP contribution in [0.25, 0.3) is 5.65 Å². The number of carbonyl (C=O) groups excluding carboxylic acids is 1. The lowest BCUT2D eigenvalue weighted by Gasteiger charge is -2.31. The van der Waals surface area contributed by atoms with Crippen LogP contribution in [0, 0.1) is 17.0 Å². The topological polar surface area (TPSA) is 106 Å². The lowest BCUT2D eigenvalue weighted by atomic mass is 9.97. The molecule has 1 aliphatic heterocycles. The van der Waals surface area contributed by atoms with Crippen molar-refractivity contribution in [1.82, 2.24) is 19.5 Å². The predicted octanol–water partition coefficient (Wildman–Crippen LogP) is 3.15. The van der Waals surface area contributed by atoms with Gasteiger partial charge in [0.1, 0.15) is 5.82 Å². The van der Waals surface area contributed by atoms with Crippen molar-refractivity contribution < 1.29 is 9.72 Å². The number of hydrogen-bond donors (Lipinski definition) is 1. The number of nitro benzene ring substituents is 1. The van der Waals surface area contributed by atoms with Gasteiger partial charge in [0.25, 0.3) is 5.69 Å². The van der Waals surface area contributed by atoms with Gasteiger partial charge in [-0.2, -0.15) is 0 Å². The van der Waals surface area contributed by atoms with Crippen molar-refractivity contribution in [2.24, 2.45) is 0 Å². The molecule has 0 radical (unpaired) electrons. The number of fused-ring (bicyclic) bond motifs is 1. The highest BCUT2D eigenvalue weighted by Crippen LogP contribution is 2.27. The van der Waals surface area contributed by atoms with E-state index in [1.165, 1.54) is 6.07 Å². The third-order valence-corrected chi connectivity index (χ3v) is 5.64. The Morgan fingerprint density at radius 2 is 2.13 bits per heavy atom. The molecule has 2 aromatic heterocycles. The first kappa shape index (κ1) is 20.0. The summed E-state index contributed by atoms with van der Waals surface area (Å²) in [7, 11) is 0. The highest BCUT2D eigenvalue weighted by Gasteiger charge is 2.25. The van der Waals surface area contributed by atoms with E-state index in [9.17, 15) is 14.9 Å². The van der Waals surface area contributed by atoms with Crippen molar-refractivity contribution >= 4 is 22.9 Å². The van der Waals surface area contributed by atoms with Crippen LogP contribution in [0.5, 0.6) is 0 Å². The first-order valence-electron chi connectivity index (χ1n) is 10.1. The van der Waals surface area contributed by atoms with E-state index >= 15 is 0 Å². The zero-order valence-corrected chi connectivity index (χ0v) is 16.8. The van der Waals surface area contributed by atoms with Crippen molar-refractivity contribution in [1.29, 1.82) is 0 Å². The standard InChI is InChI=1S/C21H24N6O3/c1-15-17(7-4-8-18(15)27(29)30)22-20(28)10-13-25-11-5-6-16(14-25)21-24-23-19-9-2-3-12-26(19)21/h2-4,7-9,12,16H,5-6,10-11,13-14H2,1H3,(H,22,28)/t16-/m1/s1. The fourth-order valence-electron chi connectivity index (χ4n) is 4.04. The molecule has 3 aromatic rings. The van der Waals surface area contributed by atoms with Gasteiger partial charge in [-0.05, 0) is 44.5 Å². The van der Waals surface area contributed by atoms with E-state index in [-0.39, 0.29) is 17.5 Å². The molecule has 0 aliphatic carbocycles. The van der Waals surface area contributed by atoms with Crippen LogP contribution in [0.3, 0.4) is 0 Å². The zero-order valence-electron chi connectivity index (χ0n) is 16.8. The highest BCUT2D eigenvalue weighted by atomic mass is 16.6. The maximum atomic E-state index is 12.4. The average molecular weight is 408 g/mol. The van der Waals surface area contributed by atoms with E-state index in [0.29, 0.717) is 24.2 Å². The number of carbonyl (C=O) groups is 1. The number of nitrogens with zero attached hydrogens (tertiary/aromatic N) is 5. The van der Waals surface area contributed by atoms with Crippen LogP contribution in [0.4, 0.5) is 11.4 Å². The van der Waals surface area contributed by atoms with E-state index in [1.807, 2.05) is 28.8 Å². The molecule has 1 atom stereocenters. The molecule has 1 N–H and O–H groups in total. The Morgan fingerprint density at radius 1 is 1.27 bits per heavy atom. The molecular formula is C21H24N6O3. The smallest absolute Gasteiger partial charge is 0.274 e. The molecule has 1 aliphatic rings. The average Bonchev–Trinajstić information content (AvgIpc) is 3.18. The minimum Gasteiger partial charge on any atom is -0.326 e. The van der Waals surface area contributed by atoms with Gasteiger partial charge in [0, 0.05) is 37.7 Å². The third-order valence-electron chi connectivity index (χ3n) is 5.64. The van der Waals surface area contributed by atoms with E-state index in [4.69, 9.17) is 0 Å². The maximum Gasteiger partial charge on any atom is 0.274 e. The summed E-state index contributed by atoms with van der Waals surface area (Å²) in [4.78, 5) is 25.4. The number of pyridine rings is 1. The van der Waals surface area contributed by atoms with Gasteiger partial charge in [0.05, 0.1) is 16.2 Å². The lowest BCUT2D eigenvalue weighted by Crippen LogP contribution is -2.37. The Labute approximate surface area is 173 Å². The molecule has 30 heavy (non-hydrogen) atoms. The number of hydrogen-bond acceptors (Lipinski definition) is 6. The largest absolute Gasteiger partial charge is 0.326 e. The summed E-state index contributed by atoms with van der Waals surface area (Å²) in [6.45, 7) is 4.05. The second-order valence-corrected chi connectivity index (χ2v) is 7.63. The van der Waals surface area contributed by atoms with Crippen LogP contribution in [0.2, 0.25) is 0 Å². The van der Waals surface area contributed by atoms with Crippen LogP contribution in [-0.2, 0) is 4.79 Å². The van der Waals surface area contributed by atoms with E-state index < -0.39 is 4.92 Å². The normalized spacial score (nSPS) is 17.2. The van der Waals surface area contributed by atoms with E-state index in [2.05, 4.69) is 20.4 Å². The molecule has 0 spiro atoms.